The summed E-state index contributed by atoms with van der Waals surface area (Å²) in [5.41, 5.74) is 5.17. The minimum absolute atomic E-state index is 0.00293. The molecule has 0 fully saturated rings. The standard InChI is InChI=1S/C19H22BrNO2/c1-5-15-10-16(20)9-14(4)19(15)21-18(22)11-23-17-8-12(2)6-7-13(17)3/h6-10H,5,11H2,1-4H3,(H,21,22). The fraction of sp³-hybridized carbons (Fsp3) is 0.316. The van der Waals surface area contributed by atoms with Crippen LogP contribution in [0.4, 0.5) is 5.69 Å². The Morgan fingerprint density at radius 2 is 1.87 bits per heavy atom. The van der Waals surface area contributed by atoms with Crippen LogP contribution >= 0.6 is 15.9 Å². The molecule has 0 spiro atoms. The average molecular weight is 376 g/mol. The van der Waals surface area contributed by atoms with Gasteiger partial charge in [-0.2, -0.15) is 0 Å². The Balaban J connectivity index is 2.07. The predicted octanol–water partition coefficient (Wildman–Crippen LogP) is 4.95. The molecule has 0 aliphatic carbocycles. The molecule has 0 bridgehead atoms. The largest absolute Gasteiger partial charge is 0.483 e. The molecular weight excluding hydrogens is 354 g/mol. The first kappa shape index (κ1) is 17.5. The number of hydrogen-bond donors (Lipinski definition) is 1. The van der Waals surface area contributed by atoms with Crippen molar-refractivity contribution in [2.75, 3.05) is 11.9 Å². The van der Waals surface area contributed by atoms with Gasteiger partial charge in [-0.1, -0.05) is 35.0 Å². The molecule has 0 aliphatic heterocycles. The second-order valence-electron chi connectivity index (χ2n) is 5.72. The summed E-state index contributed by atoms with van der Waals surface area (Å²) in [5.74, 6) is 0.606. The Morgan fingerprint density at radius 1 is 1.13 bits per heavy atom. The van der Waals surface area contributed by atoms with Gasteiger partial charge in [-0.15, -0.1) is 0 Å². The number of aryl methyl sites for hydroxylation is 4. The van der Waals surface area contributed by atoms with Gasteiger partial charge in [0.25, 0.3) is 5.91 Å². The van der Waals surface area contributed by atoms with Crippen LogP contribution in [0.3, 0.4) is 0 Å². The van der Waals surface area contributed by atoms with Crippen LogP contribution in [0, 0.1) is 20.8 Å². The van der Waals surface area contributed by atoms with Crippen molar-refractivity contribution in [1.82, 2.24) is 0 Å². The zero-order chi connectivity index (χ0) is 17.0. The molecule has 0 heterocycles. The van der Waals surface area contributed by atoms with E-state index in [1.807, 2.05) is 51.1 Å². The number of hydrogen-bond acceptors (Lipinski definition) is 2. The lowest BCUT2D eigenvalue weighted by atomic mass is 10.1. The topological polar surface area (TPSA) is 38.3 Å². The van der Waals surface area contributed by atoms with Crippen molar-refractivity contribution in [2.45, 2.75) is 34.1 Å². The summed E-state index contributed by atoms with van der Waals surface area (Å²) in [6.45, 7) is 8.04. The van der Waals surface area contributed by atoms with E-state index in [0.29, 0.717) is 0 Å². The van der Waals surface area contributed by atoms with E-state index in [9.17, 15) is 4.79 Å². The zero-order valence-corrected chi connectivity index (χ0v) is 15.6. The SMILES string of the molecule is CCc1cc(Br)cc(C)c1NC(=O)COc1cc(C)ccc1C. The molecule has 1 N–H and O–H groups in total. The number of nitrogens with one attached hydrogen (secondary N) is 1. The minimum Gasteiger partial charge on any atom is -0.483 e. The highest BCUT2D eigenvalue weighted by Crippen LogP contribution is 2.26. The summed E-state index contributed by atoms with van der Waals surface area (Å²) >= 11 is 3.49. The summed E-state index contributed by atoms with van der Waals surface area (Å²) in [6.07, 6.45) is 0.855. The van der Waals surface area contributed by atoms with Crippen LogP contribution < -0.4 is 10.1 Å². The number of carbonyl (C=O) groups excluding carboxylic acids is 1. The van der Waals surface area contributed by atoms with Crippen molar-refractivity contribution >= 4 is 27.5 Å². The monoisotopic (exact) mass is 375 g/mol. The number of carbonyl (C=O) groups is 1. The molecule has 0 unspecified atom stereocenters. The van der Waals surface area contributed by atoms with Crippen molar-refractivity contribution in [3.05, 3.63) is 57.1 Å². The molecule has 0 aromatic heterocycles. The highest BCUT2D eigenvalue weighted by atomic mass is 79.9. The molecule has 3 nitrogen and oxygen atoms in total. The van der Waals surface area contributed by atoms with Crippen LogP contribution in [0.1, 0.15) is 29.2 Å². The van der Waals surface area contributed by atoms with Gasteiger partial charge >= 0.3 is 0 Å². The van der Waals surface area contributed by atoms with Crippen LogP contribution in [0.5, 0.6) is 5.75 Å². The smallest absolute Gasteiger partial charge is 0.262 e. The Kier molecular flexibility index (Phi) is 5.83. The summed E-state index contributed by atoms with van der Waals surface area (Å²) in [6, 6.07) is 10.0. The third-order valence-electron chi connectivity index (χ3n) is 3.73. The molecule has 2 aromatic rings. The fourth-order valence-corrected chi connectivity index (χ4v) is 3.07. The Labute approximate surface area is 146 Å². The summed E-state index contributed by atoms with van der Waals surface area (Å²) in [7, 11) is 0. The number of rotatable bonds is 5. The van der Waals surface area contributed by atoms with Crippen LogP contribution in [0.15, 0.2) is 34.8 Å². The second-order valence-corrected chi connectivity index (χ2v) is 6.63. The summed E-state index contributed by atoms with van der Waals surface area (Å²) in [5, 5.41) is 2.98. The average Bonchev–Trinajstić information content (AvgIpc) is 2.50. The first-order valence-electron chi connectivity index (χ1n) is 7.69. The third kappa shape index (κ3) is 4.58. The molecule has 122 valence electrons. The Hall–Kier alpha value is -1.81. The third-order valence-corrected chi connectivity index (χ3v) is 4.19. The Morgan fingerprint density at radius 3 is 2.57 bits per heavy atom. The van der Waals surface area contributed by atoms with E-state index in [1.54, 1.807) is 0 Å². The molecular formula is C19H22BrNO2. The van der Waals surface area contributed by atoms with E-state index < -0.39 is 0 Å². The fourth-order valence-electron chi connectivity index (χ4n) is 2.45. The first-order valence-corrected chi connectivity index (χ1v) is 8.49. The number of amides is 1. The van der Waals surface area contributed by atoms with Gasteiger partial charge in [-0.25, -0.2) is 0 Å². The molecule has 23 heavy (non-hydrogen) atoms. The van der Waals surface area contributed by atoms with Crippen molar-refractivity contribution < 1.29 is 9.53 Å². The van der Waals surface area contributed by atoms with Crippen LogP contribution in [-0.2, 0) is 11.2 Å². The normalized spacial score (nSPS) is 10.5. The van der Waals surface area contributed by atoms with Gasteiger partial charge in [0.2, 0.25) is 0 Å². The number of benzene rings is 2. The maximum atomic E-state index is 12.2. The van der Waals surface area contributed by atoms with Gasteiger partial charge < -0.3 is 10.1 Å². The lowest BCUT2D eigenvalue weighted by Crippen LogP contribution is -2.21. The lowest BCUT2D eigenvalue weighted by molar-refractivity contribution is -0.118. The van der Waals surface area contributed by atoms with E-state index in [2.05, 4.69) is 28.2 Å². The molecule has 2 aromatic carbocycles. The summed E-state index contributed by atoms with van der Waals surface area (Å²) in [4.78, 5) is 12.2. The van der Waals surface area contributed by atoms with Crippen molar-refractivity contribution in [1.29, 1.82) is 0 Å². The number of ether oxygens (including phenoxy) is 1. The van der Waals surface area contributed by atoms with Crippen LogP contribution in [0.2, 0.25) is 0 Å². The van der Waals surface area contributed by atoms with Gasteiger partial charge in [-0.3, -0.25) is 4.79 Å². The minimum atomic E-state index is -0.147. The van der Waals surface area contributed by atoms with E-state index in [-0.39, 0.29) is 12.5 Å². The van der Waals surface area contributed by atoms with Crippen molar-refractivity contribution in [3.63, 3.8) is 0 Å². The van der Waals surface area contributed by atoms with Gasteiger partial charge in [0.1, 0.15) is 5.75 Å². The maximum absolute atomic E-state index is 12.2. The molecule has 2 rings (SSSR count). The van der Waals surface area contributed by atoms with E-state index >= 15 is 0 Å². The molecule has 0 saturated heterocycles. The van der Waals surface area contributed by atoms with Crippen LogP contribution in [0.25, 0.3) is 0 Å². The van der Waals surface area contributed by atoms with E-state index in [1.165, 1.54) is 0 Å². The molecule has 0 aliphatic rings. The van der Waals surface area contributed by atoms with E-state index in [0.717, 1.165) is 44.6 Å². The summed E-state index contributed by atoms with van der Waals surface area (Å²) < 4.78 is 6.69. The second kappa shape index (κ2) is 7.64. The van der Waals surface area contributed by atoms with E-state index in [4.69, 9.17) is 4.74 Å². The predicted molar refractivity (Wildman–Crippen MR) is 98.3 cm³/mol. The number of anilines is 1. The highest BCUT2D eigenvalue weighted by molar-refractivity contribution is 9.10. The molecule has 0 radical (unpaired) electrons. The Bertz CT molecular complexity index is 726. The van der Waals surface area contributed by atoms with Gasteiger partial charge in [0.05, 0.1) is 0 Å². The quantitative estimate of drug-likeness (QED) is 0.802. The molecule has 4 heteroatoms. The molecule has 1 amide bonds. The van der Waals surface area contributed by atoms with Crippen LogP contribution in [-0.4, -0.2) is 12.5 Å². The van der Waals surface area contributed by atoms with Gasteiger partial charge in [-0.05, 0) is 67.6 Å². The van der Waals surface area contributed by atoms with Crippen molar-refractivity contribution in [2.24, 2.45) is 0 Å². The first-order chi connectivity index (χ1) is 10.9. The van der Waals surface area contributed by atoms with Gasteiger partial charge in [0, 0.05) is 10.2 Å². The molecule has 0 saturated carbocycles. The highest BCUT2D eigenvalue weighted by Gasteiger charge is 2.11. The molecule has 0 atom stereocenters. The number of halogens is 1. The maximum Gasteiger partial charge on any atom is 0.262 e. The zero-order valence-electron chi connectivity index (χ0n) is 14.0. The van der Waals surface area contributed by atoms with Crippen molar-refractivity contribution in [3.8, 4) is 5.75 Å². The van der Waals surface area contributed by atoms with Gasteiger partial charge in [0.15, 0.2) is 6.61 Å². The lowest BCUT2D eigenvalue weighted by Gasteiger charge is -2.15.